The summed E-state index contributed by atoms with van der Waals surface area (Å²) >= 11 is 0. The van der Waals surface area contributed by atoms with E-state index in [1.54, 1.807) is 7.11 Å². The summed E-state index contributed by atoms with van der Waals surface area (Å²) in [6.45, 7) is 1.19. The van der Waals surface area contributed by atoms with Gasteiger partial charge in [-0.25, -0.2) is 0 Å². The van der Waals surface area contributed by atoms with Gasteiger partial charge in [-0.2, -0.15) is 0 Å². The van der Waals surface area contributed by atoms with Crippen molar-refractivity contribution >= 4 is 10.9 Å². The van der Waals surface area contributed by atoms with Crippen molar-refractivity contribution in [3.05, 3.63) is 35.5 Å². The molecule has 1 heterocycles. The average molecular weight is 190 g/mol. The molecule has 0 unspecified atom stereocenters. The Morgan fingerprint density at radius 3 is 2.93 bits per heavy atom. The molecule has 2 aromatic rings. The highest BCUT2D eigenvalue weighted by molar-refractivity contribution is 5.85. The van der Waals surface area contributed by atoms with Gasteiger partial charge in [0.15, 0.2) is 0 Å². The quantitative estimate of drug-likeness (QED) is 0.775. The number of fused-ring (bicyclic) bond motifs is 1. The van der Waals surface area contributed by atoms with Gasteiger partial charge in [-0.3, -0.25) is 0 Å². The van der Waals surface area contributed by atoms with E-state index < -0.39 is 0 Å². The van der Waals surface area contributed by atoms with Crippen LogP contribution in [-0.4, -0.2) is 12.1 Å². The van der Waals surface area contributed by atoms with Crippen LogP contribution in [0.3, 0.4) is 0 Å². The first-order chi connectivity index (χ1) is 6.86. The van der Waals surface area contributed by atoms with Crippen LogP contribution in [0, 0.1) is 0 Å². The Labute approximate surface area is 82.9 Å². The van der Waals surface area contributed by atoms with Crippen molar-refractivity contribution < 1.29 is 4.74 Å². The minimum Gasteiger partial charge on any atom is -0.380 e. The summed E-state index contributed by atoms with van der Waals surface area (Å²) in [4.78, 5) is 3.23. The van der Waals surface area contributed by atoms with E-state index in [1.165, 1.54) is 10.9 Å². The van der Waals surface area contributed by atoms with Crippen molar-refractivity contribution in [2.45, 2.75) is 13.2 Å². The normalized spacial score (nSPS) is 11.0. The number of ether oxygens (including phenoxy) is 1. The predicted octanol–water partition coefficient (Wildman–Crippen LogP) is 1.77. The fourth-order valence-corrected chi connectivity index (χ4v) is 1.72. The maximum Gasteiger partial charge on any atom is 0.0733 e. The van der Waals surface area contributed by atoms with Crippen molar-refractivity contribution in [2.24, 2.45) is 5.73 Å². The molecule has 0 radical (unpaired) electrons. The standard InChI is InChI=1S/C11H14N2O/c1-14-7-9-6-13-11-8(5-12)3-2-4-10(9)11/h2-4,6,13H,5,7,12H2,1H3. The number of hydrogen-bond donors (Lipinski definition) is 2. The van der Waals surface area contributed by atoms with Gasteiger partial charge in [0.05, 0.1) is 12.1 Å². The third-order valence-electron chi connectivity index (χ3n) is 2.41. The molecule has 74 valence electrons. The minimum atomic E-state index is 0.560. The number of nitrogens with one attached hydrogen (secondary N) is 1. The summed E-state index contributed by atoms with van der Waals surface area (Å²) in [5, 5.41) is 1.20. The third-order valence-corrected chi connectivity index (χ3v) is 2.41. The zero-order chi connectivity index (χ0) is 9.97. The zero-order valence-electron chi connectivity index (χ0n) is 8.21. The van der Waals surface area contributed by atoms with Crippen molar-refractivity contribution in [3.8, 4) is 0 Å². The highest BCUT2D eigenvalue weighted by Crippen LogP contribution is 2.21. The van der Waals surface area contributed by atoms with Crippen LogP contribution in [0.4, 0.5) is 0 Å². The molecule has 3 N–H and O–H groups in total. The van der Waals surface area contributed by atoms with E-state index >= 15 is 0 Å². The fraction of sp³-hybridized carbons (Fsp3) is 0.273. The molecular formula is C11H14N2O. The van der Waals surface area contributed by atoms with E-state index in [0.29, 0.717) is 13.2 Å². The van der Waals surface area contributed by atoms with E-state index in [2.05, 4.69) is 11.1 Å². The Morgan fingerprint density at radius 2 is 2.21 bits per heavy atom. The molecule has 2 rings (SSSR count). The van der Waals surface area contributed by atoms with Crippen molar-refractivity contribution in [3.63, 3.8) is 0 Å². The first-order valence-electron chi connectivity index (χ1n) is 4.63. The molecule has 3 nitrogen and oxygen atoms in total. The molecule has 0 saturated carbocycles. The third kappa shape index (κ3) is 1.41. The zero-order valence-corrected chi connectivity index (χ0v) is 8.21. The largest absolute Gasteiger partial charge is 0.380 e. The number of H-pyrrole nitrogens is 1. The topological polar surface area (TPSA) is 51.0 Å². The number of methoxy groups -OCH3 is 1. The molecule has 0 saturated heterocycles. The van der Waals surface area contributed by atoms with Crippen LogP contribution in [0.5, 0.6) is 0 Å². The van der Waals surface area contributed by atoms with Crippen LogP contribution < -0.4 is 5.73 Å². The lowest BCUT2D eigenvalue weighted by atomic mass is 10.1. The summed E-state index contributed by atoms with van der Waals surface area (Å²) in [6.07, 6.45) is 1.98. The van der Waals surface area contributed by atoms with Crippen LogP contribution >= 0.6 is 0 Å². The Morgan fingerprint density at radius 1 is 1.36 bits per heavy atom. The monoisotopic (exact) mass is 190 g/mol. The molecule has 3 heteroatoms. The number of para-hydroxylation sites is 1. The Bertz CT molecular complexity index is 434. The molecule has 0 bridgehead atoms. The molecule has 0 aliphatic heterocycles. The molecule has 0 aliphatic carbocycles. The average Bonchev–Trinajstić information content (AvgIpc) is 2.62. The Hall–Kier alpha value is -1.32. The lowest BCUT2D eigenvalue weighted by molar-refractivity contribution is 0.186. The predicted molar refractivity (Wildman–Crippen MR) is 56.9 cm³/mol. The summed E-state index contributed by atoms with van der Waals surface area (Å²) in [5.74, 6) is 0. The lowest BCUT2D eigenvalue weighted by Gasteiger charge is -2.00. The van der Waals surface area contributed by atoms with Gasteiger partial charge in [-0.05, 0) is 5.56 Å². The molecule has 0 amide bonds. The molecule has 0 atom stereocenters. The molecule has 0 spiro atoms. The molecule has 1 aromatic heterocycles. The second-order valence-corrected chi connectivity index (χ2v) is 3.29. The van der Waals surface area contributed by atoms with Gasteiger partial charge >= 0.3 is 0 Å². The number of rotatable bonds is 3. The molecular weight excluding hydrogens is 176 g/mol. The highest BCUT2D eigenvalue weighted by atomic mass is 16.5. The van der Waals surface area contributed by atoms with Crippen molar-refractivity contribution in [2.75, 3.05) is 7.11 Å². The van der Waals surface area contributed by atoms with E-state index in [9.17, 15) is 0 Å². The van der Waals surface area contributed by atoms with Crippen molar-refractivity contribution in [1.82, 2.24) is 4.98 Å². The number of hydrogen-bond acceptors (Lipinski definition) is 2. The summed E-state index contributed by atoms with van der Waals surface area (Å²) in [6, 6.07) is 6.15. The number of benzene rings is 1. The van der Waals surface area contributed by atoms with Gasteiger partial charge in [0.2, 0.25) is 0 Å². The Kier molecular flexibility index (Phi) is 2.52. The smallest absolute Gasteiger partial charge is 0.0733 e. The Balaban J connectivity index is 2.57. The van der Waals surface area contributed by atoms with Crippen LogP contribution in [0.15, 0.2) is 24.4 Å². The maximum absolute atomic E-state index is 5.65. The van der Waals surface area contributed by atoms with Gasteiger partial charge in [-0.15, -0.1) is 0 Å². The molecule has 0 aliphatic rings. The SMILES string of the molecule is COCc1c[nH]c2c(CN)cccc12. The molecule has 0 fully saturated rings. The molecule has 14 heavy (non-hydrogen) atoms. The summed E-state index contributed by atoms with van der Waals surface area (Å²) < 4.78 is 5.12. The van der Waals surface area contributed by atoms with Crippen LogP contribution in [0.25, 0.3) is 10.9 Å². The van der Waals surface area contributed by atoms with E-state index in [-0.39, 0.29) is 0 Å². The number of nitrogens with two attached hydrogens (primary N) is 1. The second kappa shape index (κ2) is 3.82. The lowest BCUT2D eigenvalue weighted by Crippen LogP contribution is -1.96. The van der Waals surface area contributed by atoms with Crippen LogP contribution in [0.2, 0.25) is 0 Å². The highest BCUT2D eigenvalue weighted by Gasteiger charge is 2.05. The van der Waals surface area contributed by atoms with E-state index in [4.69, 9.17) is 10.5 Å². The van der Waals surface area contributed by atoms with E-state index in [0.717, 1.165) is 11.1 Å². The number of aromatic nitrogens is 1. The first kappa shape index (κ1) is 9.24. The fourth-order valence-electron chi connectivity index (χ4n) is 1.72. The van der Waals surface area contributed by atoms with Crippen LogP contribution in [0.1, 0.15) is 11.1 Å². The van der Waals surface area contributed by atoms with E-state index in [1.807, 2.05) is 18.3 Å². The van der Waals surface area contributed by atoms with Crippen LogP contribution in [-0.2, 0) is 17.9 Å². The summed E-state index contributed by atoms with van der Waals surface area (Å²) in [7, 11) is 1.70. The minimum absolute atomic E-state index is 0.560. The van der Waals surface area contributed by atoms with Gasteiger partial charge in [0.25, 0.3) is 0 Å². The van der Waals surface area contributed by atoms with Gasteiger partial charge in [-0.1, -0.05) is 18.2 Å². The van der Waals surface area contributed by atoms with Gasteiger partial charge in [0, 0.05) is 30.8 Å². The van der Waals surface area contributed by atoms with Crippen molar-refractivity contribution in [1.29, 1.82) is 0 Å². The second-order valence-electron chi connectivity index (χ2n) is 3.29. The summed E-state index contributed by atoms with van der Waals surface area (Å²) in [5.41, 5.74) is 9.10. The maximum atomic E-state index is 5.65. The van der Waals surface area contributed by atoms with Gasteiger partial charge < -0.3 is 15.5 Å². The number of aromatic amines is 1. The molecule has 1 aromatic carbocycles. The first-order valence-corrected chi connectivity index (χ1v) is 4.63. The van der Waals surface area contributed by atoms with Gasteiger partial charge in [0.1, 0.15) is 0 Å².